The molecule has 1 aromatic rings. The van der Waals surface area contributed by atoms with Crippen molar-refractivity contribution in [3.8, 4) is 0 Å². The maximum absolute atomic E-state index is 11.3. The van der Waals surface area contributed by atoms with Gasteiger partial charge in [0, 0.05) is 20.0 Å². The van der Waals surface area contributed by atoms with Crippen LogP contribution in [0, 0.1) is 0 Å². The van der Waals surface area contributed by atoms with Crippen molar-refractivity contribution in [3.63, 3.8) is 0 Å². The quantitative estimate of drug-likeness (QED) is 0.238. The molecule has 7 heteroatoms. The van der Waals surface area contributed by atoms with Crippen molar-refractivity contribution in [3.05, 3.63) is 24.2 Å². The van der Waals surface area contributed by atoms with E-state index in [2.05, 4.69) is 15.6 Å². The molecule has 0 aliphatic carbocycles. The standard InChI is InChI=1S/C14H23N3O3.HI/c1-11(2)20-13(18)7-4-8-16-14(15-3)17-10-12-6-5-9-19-12;/h5-6,9,11H,4,7-8,10H2,1-3H3,(H2,15,16,17);1H. The first-order valence-electron chi connectivity index (χ1n) is 6.78. The molecule has 21 heavy (non-hydrogen) atoms. The minimum absolute atomic E-state index is 0. The number of furan rings is 1. The van der Waals surface area contributed by atoms with Gasteiger partial charge in [0.05, 0.1) is 18.9 Å². The van der Waals surface area contributed by atoms with Gasteiger partial charge in [0.2, 0.25) is 0 Å². The van der Waals surface area contributed by atoms with Gasteiger partial charge in [-0.3, -0.25) is 9.79 Å². The van der Waals surface area contributed by atoms with Crippen LogP contribution in [0.1, 0.15) is 32.4 Å². The Balaban J connectivity index is 0.00000400. The van der Waals surface area contributed by atoms with E-state index in [9.17, 15) is 4.79 Å². The molecule has 1 aromatic heterocycles. The Labute approximate surface area is 142 Å². The van der Waals surface area contributed by atoms with Crippen LogP contribution in [0.25, 0.3) is 0 Å². The van der Waals surface area contributed by atoms with Gasteiger partial charge in [0.25, 0.3) is 0 Å². The van der Waals surface area contributed by atoms with Crippen molar-refractivity contribution in [1.29, 1.82) is 0 Å². The van der Waals surface area contributed by atoms with Gasteiger partial charge in [0.15, 0.2) is 5.96 Å². The molecular formula is C14H24IN3O3. The van der Waals surface area contributed by atoms with Crippen LogP contribution < -0.4 is 10.6 Å². The minimum atomic E-state index is -0.166. The smallest absolute Gasteiger partial charge is 0.306 e. The molecule has 0 atom stereocenters. The lowest BCUT2D eigenvalue weighted by Crippen LogP contribution is -2.37. The molecule has 0 unspecified atom stereocenters. The van der Waals surface area contributed by atoms with Gasteiger partial charge in [0.1, 0.15) is 5.76 Å². The summed E-state index contributed by atoms with van der Waals surface area (Å²) >= 11 is 0. The predicted octanol–water partition coefficient (Wildman–Crippen LogP) is 2.29. The molecule has 6 nitrogen and oxygen atoms in total. The summed E-state index contributed by atoms with van der Waals surface area (Å²) in [5.41, 5.74) is 0. The van der Waals surface area contributed by atoms with Gasteiger partial charge in [-0.2, -0.15) is 0 Å². The number of ether oxygens (including phenoxy) is 1. The largest absolute Gasteiger partial charge is 0.467 e. The van der Waals surface area contributed by atoms with Crippen molar-refractivity contribution < 1.29 is 13.9 Å². The van der Waals surface area contributed by atoms with Crippen molar-refractivity contribution in [2.24, 2.45) is 4.99 Å². The highest BCUT2D eigenvalue weighted by molar-refractivity contribution is 14.0. The van der Waals surface area contributed by atoms with Gasteiger partial charge >= 0.3 is 5.97 Å². The lowest BCUT2D eigenvalue weighted by atomic mass is 10.3. The Kier molecular flexibility index (Phi) is 10.7. The molecule has 0 amide bonds. The minimum Gasteiger partial charge on any atom is -0.467 e. The van der Waals surface area contributed by atoms with E-state index in [1.165, 1.54) is 0 Å². The monoisotopic (exact) mass is 409 g/mol. The molecule has 2 N–H and O–H groups in total. The molecule has 1 rings (SSSR count). The number of nitrogens with zero attached hydrogens (tertiary/aromatic N) is 1. The average Bonchev–Trinajstić information content (AvgIpc) is 2.90. The first-order valence-corrected chi connectivity index (χ1v) is 6.78. The zero-order valence-corrected chi connectivity index (χ0v) is 15.0. The maximum atomic E-state index is 11.3. The number of halogens is 1. The second-order valence-electron chi connectivity index (χ2n) is 4.57. The van der Waals surface area contributed by atoms with E-state index in [1.807, 2.05) is 26.0 Å². The third-order valence-electron chi connectivity index (χ3n) is 2.45. The van der Waals surface area contributed by atoms with E-state index in [1.54, 1.807) is 13.3 Å². The van der Waals surface area contributed by atoms with Crippen LogP contribution in [-0.4, -0.2) is 31.6 Å². The van der Waals surface area contributed by atoms with Crippen LogP contribution in [0.5, 0.6) is 0 Å². The molecule has 0 radical (unpaired) electrons. The molecule has 1 heterocycles. The highest BCUT2D eigenvalue weighted by Crippen LogP contribution is 1.98. The van der Waals surface area contributed by atoms with Crippen LogP contribution >= 0.6 is 24.0 Å². The fraction of sp³-hybridized carbons (Fsp3) is 0.571. The number of hydrogen-bond donors (Lipinski definition) is 2. The maximum Gasteiger partial charge on any atom is 0.306 e. The molecule has 0 spiro atoms. The summed E-state index contributed by atoms with van der Waals surface area (Å²) in [4.78, 5) is 15.4. The van der Waals surface area contributed by atoms with Crippen LogP contribution in [0.2, 0.25) is 0 Å². The van der Waals surface area contributed by atoms with Crippen LogP contribution in [0.15, 0.2) is 27.8 Å². The van der Waals surface area contributed by atoms with E-state index in [-0.39, 0.29) is 36.0 Å². The predicted molar refractivity (Wildman–Crippen MR) is 92.8 cm³/mol. The van der Waals surface area contributed by atoms with E-state index < -0.39 is 0 Å². The Bertz CT molecular complexity index is 419. The Morgan fingerprint density at radius 1 is 1.43 bits per heavy atom. The van der Waals surface area contributed by atoms with Gasteiger partial charge in [-0.15, -0.1) is 24.0 Å². The molecular weight excluding hydrogens is 385 g/mol. The van der Waals surface area contributed by atoms with E-state index in [4.69, 9.17) is 9.15 Å². The number of guanidine groups is 1. The van der Waals surface area contributed by atoms with E-state index in [0.717, 1.165) is 5.76 Å². The lowest BCUT2D eigenvalue weighted by molar-refractivity contribution is -0.147. The van der Waals surface area contributed by atoms with Crippen LogP contribution in [-0.2, 0) is 16.1 Å². The normalized spacial score (nSPS) is 11.0. The van der Waals surface area contributed by atoms with Gasteiger partial charge < -0.3 is 19.8 Å². The molecule has 0 aromatic carbocycles. The third-order valence-corrected chi connectivity index (χ3v) is 2.45. The molecule has 120 valence electrons. The summed E-state index contributed by atoms with van der Waals surface area (Å²) in [5, 5.41) is 6.25. The summed E-state index contributed by atoms with van der Waals surface area (Å²) in [6, 6.07) is 3.73. The number of hydrogen-bond acceptors (Lipinski definition) is 4. The molecule has 0 saturated carbocycles. The Morgan fingerprint density at radius 2 is 2.19 bits per heavy atom. The topological polar surface area (TPSA) is 75.9 Å². The number of nitrogens with one attached hydrogen (secondary N) is 2. The van der Waals surface area contributed by atoms with Crippen molar-refractivity contribution in [1.82, 2.24) is 10.6 Å². The zero-order chi connectivity index (χ0) is 14.8. The van der Waals surface area contributed by atoms with Crippen molar-refractivity contribution in [2.75, 3.05) is 13.6 Å². The van der Waals surface area contributed by atoms with Crippen molar-refractivity contribution >= 4 is 35.9 Å². The van der Waals surface area contributed by atoms with E-state index >= 15 is 0 Å². The average molecular weight is 409 g/mol. The first-order chi connectivity index (χ1) is 9.61. The Morgan fingerprint density at radius 3 is 2.76 bits per heavy atom. The molecule has 0 fully saturated rings. The summed E-state index contributed by atoms with van der Waals surface area (Å²) in [5.74, 6) is 1.35. The second-order valence-corrected chi connectivity index (χ2v) is 4.57. The van der Waals surface area contributed by atoms with Crippen molar-refractivity contribution in [2.45, 2.75) is 39.3 Å². The number of rotatable bonds is 7. The zero-order valence-electron chi connectivity index (χ0n) is 12.7. The fourth-order valence-electron chi connectivity index (χ4n) is 1.57. The number of carbonyl (C=O) groups is 1. The third kappa shape index (κ3) is 9.33. The molecule has 0 aliphatic rings. The molecule has 0 saturated heterocycles. The summed E-state index contributed by atoms with van der Waals surface area (Å²) < 4.78 is 10.3. The highest BCUT2D eigenvalue weighted by atomic mass is 127. The van der Waals surface area contributed by atoms with Gasteiger partial charge in [-0.1, -0.05) is 0 Å². The van der Waals surface area contributed by atoms with E-state index in [0.29, 0.717) is 31.9 Å². The number of carbonyl (C=O) groups excluding carboxylic acids is 1. The highest BCUT2D eigenvalue weighted by Gasteiger charge is 2.05. The summed E-state index contributed by atoms with van der Waals surface area (Å²) in [6.07, 6.45) is 2.68. The number of aliphatic imine (C=N–C) groups is 1. The molecule has 0 aliphatic heterocycles. The second kappa shape index (κ2) is 11.4. The number of esters is 1. The van der Waals surface area contributed by atoms with Crippen LogP contribution in [0.3, 0.4) is 0 Å². The van der Waals surface area contributed by atoms with Gasteiger partial charge in [-0.05, 0) is 32.4 Å². The lowest BCUT2D eigenvalue weighted by Gasteiger charge is -2.11. The Hall–Kier alpha value is -1.25. The fourth-order valence-corrected chi connectivity index (χ4v) is 1.57. The first kappa shape index (κ1) is 19.8. The van der Waals surface area contributed by atoms with Gasteiger partial charge in [-0.25, -0.2) is 0 Å². The SMILES string of the molecule is CN=C(NCCCC(=O)OC(C)C)NCc1ccco1.I. The summed E-state index contributed by atoms with van der Waals surface area (Å²) in [7, 11) is 1.70. The molecule has 0 bridgehead atoms. The summed E-state index contributed by atoms with van der Waals surface area (Å²) in [6.45, 7) is 4.92. The van der Waals surface area contributed by atoms with Crippen LogP contribution in [0.4, 0.5) is 0 Å².